The van der Waals surface area contributed by atoms with Crippen molar-refractivity contribution in [2.45, 2.75) is 44.9 Å². The summed E-state index contributed by atoms with van der Waals surface area (Å²) in [5, 5.41) is 12.8. The van der Waals surface area contributed by atoms with Crippen molar-refractivity contribution in [3.05, 3.63) is 12.3 Å². The molecule has 3 atom stereocenters. The Morgan fingerprint density at radius 3 is 2.50 bits per heavy atom. The molecule has 0 saturated heterocycles. The number of hydrogen-bond donors (Lipinski definition) is 1. The number of carboxylic acids is 1. The topological polar surface area (TPSA) is 75.4 Å². The van der Waals surface area contributed by atoms with E-state index in [4.69, 9.17) is 5.11 Å². The molecule has 6 nitrogen and oxygen atoms in total. The third-order valence-corrected chi connectivity index (χ3v) is 4.08. The average molecular weight is 319 g/mol. The van der Waals surface area contributed by atoms with E-state index in [9.17, 15) is 22.8 Å². The number of hydrogen-bond acceptors (Lipinski definition) is 3. The Balaban J connectivity index is 2.39. The zero-order chi connectivity index (χ0) is 16.7. The Morgan fingerprint density at radius 1 is 1.32 bits per heavy atom. The van der Waals surface area contributed by atoms with E-state index in [1.807, 2.05) is 0 Å². The van der Waals surface area contributed by atoms with Gasteiger partial charge in [0, 0.05) is 24.4 Å². The molecule has 1 aromatic heterocycles. The minimum absolute atomic E-state index is 0.0777. The molecule has 0 fully saturated rings. The number of aromatic nitrogens is 2. The highest BCUT2D eigenvalue weighted by molar-refractivity contribution is 5.97. The number of carbonyl (C=O) groups is 2. The first kappa shape index (κ1) is 16.3. The van der Waals surface area contributed by atoms with Crippen molar-refractivity contribution in [1.82, 2.24) is 9.78 Å². The fourth-order valence-corrected chi connectivity index (χ4v) is 2.99. The third-order valence-electron chi connectivity index (χ3n) is 4.08. The Kier molecular flexibility index (Phi) is 4.17. The van der Waals surface area contributed by atoms with Crippen LogP contribution in [0.4, 0.5) is 19.0 Å². The van der Waals surface area contributed by atoms with Crippen LogP contribution in [-0.4, -0.2) is 39.0 Å². The predicted octanol–water partition coefficient (Wildman–Crippen LogP) is 2.22. The van der Waals surface area contributed by atoms with Gasteiger partial charge in [0.25, 0.3) is 0 Å². The lowest BCUT2D eigenvalue weighted by Crippen LogP contribution is -2.54. The molecule has 0 bridgehead atoms. The molecular weight excluding hydrogens is 303 g/mol. The number of carbonyl (C=O) groups excluding carboxylic acids is 1. The van der Waals surface area contributed by atoms with Crippen LogP contribution < -0.4 is 4.90 Å². The van der Waals surface area contributed by atoms with Gasteiger partial charge in [-0.25, -0.2) is 4.68 Å². The van der Waals surface area contributed by atoms with Gasteiger partial charge in [0.15, 0.2) is 0 Å². The molecule has 1 N–H and O–H groups in total. The molecule has 0 aromatic carbocycles. The molecule has 0 saturated carbocycles. The number of halogens is 3. The van der Waals surface area contributed by atoms with Crippen molar-refractivity contribution >= 4 is 17.7 Å². The number of anilines is 1. The quantitative estimate of drug-likeness (QED) is 0.927. The summed E-state index contributed by atoms with van der Waals surface area (Å²) in [6.45, 7) is 3.26. The first-order chi connectivity index (χ1) is 10.1. The molecule has 2 rings (SSSR count). The molecule has 1 aliphatic rings. The Labute approximate surface area is 124 Å². The summed E-state index contributed by atoms with van der Waals surface area (Å²) in [5.41, 5.74) is 0. The summed E-state index contributed by atoms with van der Waals surface area (Å²) >= 11 is 0. The minimum atomic E-state index is -5.00. The Bertz CT molecular complexity index is 585. The maximum Gasteiger partial charge on any atom is 0.471 e. The molecule has 9 heteroatoms. The van der Waals surface area contributed by atoms with Gasteiger partial charge in [0.05, 0.1) is 12.2 Å². The lowest BCUT2D eigenvalue weighted by molar-refractivity contribution is -0.171. The van der Waals surface area contributed by atoms with Crippen LogP contribution in [-0.2, 0) is 9.59 Å². The van der Waals surface area contributed by atoms with Gasteiger partial charge >= 0.3 is 18.1 Å². The van der Waals surface area contributed by atoms with Crippen molar-refractivity contribution in [1.29, 1.82) is 0 Å². The molecule has 22 heavy (non-hydrogen) atoms. The molecule has 2 heterocycles. The van der Waals surface area contributed by atoms with E-state index in [2.05, 4.69) is 5.10 Å². The SMILES string of the molecule is CC1C(CCC(=O)O)C(C)n2nccc2N1C(=O)C(F)(F)F. The van der Waals surface area contributed by atoms with Crippen LogP contribution in [0.1, 0.15) is 32.7 Å². The predicted molar refractivity (Wildman–Crippen MR) is 70.3 cm³/mol. The van der Waals surface area contributed by atoms with Gasteiger partial charge in [-0.2, -0.15) is 18.3 Å². The second kappa shape index (κ2) is 5.62. The smallest absolute Gasteiger partial charge is 0.471 e. The minimum Gasteiger partial charge on any atom is -0.481 e. The van der Waals surface area contributed by atoms with Gasteiger partial charge in [-0.15, -0.1) is 0 Å². The van der Waals surface area contributed by atoms with E-state index >= 15 is 0 Å². The second-order valence-corrected chi connectivity index (χ2v) is 5.38. The third kappa shape index (κ3) is 2.79. The number of alkyl halides is 3. The number of aliphatic carboxylic acids is 1. The highest BCUT2D eigenvalue weighted by Gasteiger charge is 2.49. The number of amides is 1. The van der Waals surface area contributed by atoms with E-state index in [0.29, 0.717) is 4.90 Å². The first-order valence-electron chi connectivity index (χ1n) is 6.80. The average Bonchev–Trinajstić information content (AvgIpc) is 2.86. The normalized spacial score (nSPS) is 25.0. The Morgan fingerprint density at radius 2 is 1.95 bits per heavy atom. The van der Waals surface area contributed by atoms with Crippen LogP contribution in [0.15, 0.2) is 12.3 Å². The number of carboxylic acid groups (broad SMARTS) is 1. The molecule has 1 aliphatic heterocycles. The van der Waals surface area contributed by atoms with Crippen LogP contribution in [0.5, 0.6) is 0 Å². The zero-order valence-electron chi connectivity index (χ0n) is 12.0. The highest BCUT2D eigenvalue weighted by atomic mass is 19.4. The van der Waals surface area contributed by atoms with Crippen LogP contribution in [0, 0.1) is 5.92 Å². The molecule has 0 radical (unpaired) electrons. The van der Waals surface area contributed by atoms with E-state index in [-0.39, 0.29) is 24.7 Å². The van der Waals surface area contributed by atoms with Crippen LogP contribution >= 0.6 is 0 Å². The van der Waals surface area contributed by atoms with Gasteiger partial charge in [-0.1, -0.05) is 0 Å². The van der Waals surface area contributed by atoms with Crippen molar-refractivity contribution in [3.63, 3.8) is 0 Å². The van der Waals surface area contributed by atoms with Crippen molar-refractivity contribution < 1.29 is 27.9 Å². The lowest BCUT2D eigenvalue weighted by atomic mass is 9.86. The number of rotatable bonds is 3. The van der Waals surface area contributed by atoms with Crippen molar-refractivity contribution in [2.24, 2.45) is 5.92 Å². The van der Waals surface area contributed by atoms with Gasteiger partial charge in [0.1, 0.15) is 5.82 Å². The standard InChI is InChI=1S/C13H16F3N3O3/c1-7-9(3-4-11(20)21)8(2)19-10(5-6-17-19)18(7)12(22)13(14,15)16/h5-9H,3-4H2,1-2H3,(H,20,21). The molecular formula is C13H16F3N3O3. The summed E-state index contributed by atoms with van der Waals surface area (Å²) in [5.74, 6) is -3.35. The highest BCUT2D eigenvalue weighted by Crippen LogP contribution is 2.39. The fourth-order valence-electron chi connectivity index (χ4n) is 2.99. The largest absolute Gasteiger partial charge is 0.481 e. The second-order valence-electron chi connectivity index (χ2n) is 5.38. The van der Waals surface area contributed by atoms with E-state index in [1.165, 1.54) is 23.9 Å². The van der Waals surface area contributed by atoms with E-state index in [0.717, 1.165) is 0 Å². The van der Waals surface area contributed by atoms with Crippen molar-refractivity contribution in [2.75, 3.05) is 4.90 Å². The summed E-state index contributed by atoms with van der Waals surface area (Å²) in [6, 6.07) is 0.286. The lowest BCUT2D eigenvalue weighted by Gasteiger charge is -2.43. The summed E-state index contributed by atoms with van der Waals surface area (Å²) in [4.78, 5) is 23.1. The van der Waals surface area contributed by atoms with E-state index < -0.39 is 30.0 Å². The van der Waals surface area contributed by atoms with Crippen molar-refractivity contribution in [3.8, 4) is 0 Å². The maximum atomic E-state index is 12.8. The van der Waals surface area contributed by atoms with Gasteiger partial charge < -0.3 is 5.11 Å². The Hall–Kier alpha value is -2.06. The molecule has 0 spiro atoms. The maximum absolute atomic E-state index is 12.8. The molecule has 1 aromatic rings. The summed E-state index contributed by atoms with van der Waals surface area (Å²) < 4.78 is 39.8. The molecule has 0 aliphatic carbocycles. The van der Waals surface area contributed by atoms with Crippen LogP contribution in [0.3, 0.4) is 0 Å². The fraction of sp³-hybridized carbons (Fsp3) is 0.615. The number of nitrogens with zero attached hydrogens (tertiary/aromatic N) is 3. The monoisotopic (exact) mass is 319 g/mol. The van der Waals surface area contributed by atoms with Gasteiger partial charge in [-0.3, -0.25) is 14.5 Å². The molecule has 122 valence electrons. The summed E-state index contributed by atoms with van der Waals surface area (Å²) in [6.07, 6.45) is -3.68. The molecule has 3 unspecified atom stereocenters. The first-order valence-corrected chi connectivity index (χ1v) is 6.80. The van der Waals surface area contributed by atoms with E-state index in [1.54, 1.807) is 6.92 Å². The summed E-state index contributed by atoms with van der Waals surface area (Å²) in [7, 11) is 0. The van der Waals surface area contributed by atoms with Gasteiger partial charge in [-0.05, 0) is 20.3 Å². The zero-order valence-corrected chi connectivity index (χ0v) is 12.0. The van der Waals surface area contributed by atoms with Crippen LogP contribution in [0.25, 0.3) is 0 Å². The number of fused-ring (bicyclic) bond motifs is 1. The molecule has 1 amide bonds. The van der Waals surface area contributed by atoms with Gasteiger partial charge in [0.2, 0.25) is 0 Å². The van der Waals surface area contributed by atoms with Crippen LogP contribution in [0.2, 0.25) is 0 Å².